The van der Waals surface area contributed by atoms with E-state index >= 15 is 4.39 Å². The average molecular weight is 336 g/mol. The number of alkyl halides is 1. The minimum absolute atomic E-state index is 0.0865. The quantitative estimate of drug-likeness (QED) is 0.713. The summed E-state index contributed by atoms with van der Waals surface area (Å²) in [6.07, 6.45) is 4.60. The summed E-state index contributed by atoms with van der Waals surface area (Å²) in [5, 5.41) is 21.9. The minimum atomic E-state index is -1.69. The van der Waals surface area contributed by atoms with Gasteiger partial charge in [0.15, 0.2) is 5.78 Å². The highest BCUT2D eigenvalue weighted by Crippen LogP contribution is 2.70. The first-order valence-electron chi connectivity index (χ1n) is 9.39. The van der Waals surface area contributed by atoms with Crippen molar-refractivity contribution in [3.63, 3.8) is 0 Å². The third kappa shape index (κ3) is 1.72. The van der Waals surface area contributed by atoms with Gasteiger partial charge >= 0.3 is 0 Å². The van der Waals surface area contributed by atoms with E-state index in [2.05, 4.69) is 0 Å². The van der Waals surface area contributed by atoms with Crippen molar-refractivity contribution in [3.05, 3.63) is 11.6 Å². The number of ketones is 1. The van der Waals surface area contributed by atoms with Crippen LogP contribution in [0.25, 0.3) is 0 Å². The van der Waals surface area contributed by atoms with E-state index in [0.717, 1.165) is 18.4 Å². The van der Waals surface area contributed by atoms with Crippen molar-refractivity contribution < 1.29 is 19.4 Å². The molecule has 0 radical (unpaired) electrons. The SMILES string of the molecule is CC1(O)CC[C@H]2[C@@H]3CCC4=CC(=O)CC[C@]4(C)[C@]3(F)C(O)C[C@@]21C. The number of aliphatic hydroxyl groups excluding tert-OH is 1. The van der Waals surface area contributed by atoms with Crippen LogP contribution in [0.15, 0.2) is 11.6 Å². The van der Waals surface area contributed by atoms with Crippen LogP contribution in [0.5, 0.6) is 0 Å². The van der Waals surface area contributed by atoms with Gasteiger partial charge in [-0.3, -0.25) is 4.79 Å². The van der Waals surface area contributed by atoms with Crippen LogP contribution in [0.3, 0.4) is 0 Å². The molecule has 0 spiro atoms. The molecule has 2 unspecified atom stereocenters. The van der Waals surface area contributed by atoms with Gasteiger partial charge in [0, 0.05) is 23.2 Å². The van der Waals surface area contributed by atoms with Crippen molar-refractivity contribution in [2.45, 2.75) is 83.1 Å². The van der Waals surface area contributed by atoms with Crippen LogP contribution in [0, 0.1) is 22.7 Å². The predicted octanol–water partition coefficient (Wildman–Crippen LogP) is 3.33. The van der Waals surface area contributed by atoms with Gasteiger partial charge in [0.2, 0.25) is 0 Å². The van der Waals surface area contributed by atoms with Gasteiger partial charge in [0.1, 0.15) is 5.67 Å². The molecule has 4 aliphatic carbocycles. The normalized spacial score (nSPS) is 57.0. The van der Waals surface area contributed by atoms with Crippen molar-refractivity contribution in [1.29, 1.82) is 0 Å². The highest BCUT2D eigenvalue weighted by atomic mass is 19.1. The van der Waals surface area contributed by atoms with E-state index in [1.807, 2.05) is 20.8 Å². The lowest BCUT2D eigenvalue weighted by atomic mass is 9.44. The maximum atomic E-state index is 16.6. The Bertz CT molecular complexity index is 626. The van der Waals surface area contributed by atoms with E-state index in [1.165, 1.54) is 0 Å². The van der Waals surface area contributed by atoms with Gasteiger partial charge in [-0.2, -0.15) is 0 Å². The van der Waals surface area contributed by atoms with E-state index in [0.29, 0.717) is 32.1 Å². The lowest BCUT2D eigenvalue weighted by Crippen LogP contribution is -2.68. The zero-order valence-corrected chi connectivity index (χ0v) is 14.9. The maximum absolute atomic E-state index is 16.6. The Morgan fingerprint density at radius 1 is 1.12 bits per heavy atom. The molecule has 4 heteroatoms. The molecule has 0 amide bonds. The molecule has 0 heterocycles. The Morgan fingerprint density at radius 3 is 2.54 bits per heavy atom. The van der Waals surface area contributed by atoms with Gasteiger partial charge in [-0.05, 0) is 57.4 Å². The molecule has 3 saturated carbocycles. The van der Waals surface area contributed by atoms with Crippen LogP contribution in [0.1, 0.15) is 65.7 Å². The summed E-state index contributed by atoms with van der Waals surface area (Å²) >= 11 is 0. The first-order valence-corrected chi connectivity index (χ1v) is 9.39. The third-order valence-corrected chi connectivity index (χ3v) is 8.60. The molecule has 7 atom stereocenters. The Kier molecular flexibility index (Phi) is 3.27. The van der Waals surface area contributed by atoms with Gasteiger partial charge in [-0.1, -0.05) is 19.4 Å². The number of allylic oxidation sites excluding steroid dienone is 1. The summed E-state index contributed by atoms with van der Waals surface area (Å²) in [6, 6.07) is 0. The topological polar surface area (TPSA) is 57.5 Å². The monoisotopic (exact) mass is 336 g/mol. The number of hydrogen-bond donors (Lipinski definition) is 2. The van der Waals surface area contributed by atoms with E-state index in [-0.39, 0.29) is 17.6 Å². The Hall–Kier alpha value is -0.740. The Morgan fingerprint density at radius 2 is 1.83 bits per heavy atom. The minimum Gasteiger partial charge on any atom is -0.390 e. The zero-order valence-electron chi connectivity index (χ0n) is 14.9. The lowest BCUT2D eigenvalue weighted by Gasteiger charge is -2.63. The van der Waals surface area contributed by atoms with Crippen molar-refractivity contribution in [1.82, 2.24) is 0 Å². The average Bonchev–Trinajstić information content (AvgIpc) is 2.72. The van der Waals surface area contributed by atoms with E-state index in [9.17, 15) is 15.0 Å². The van der Waals surface area contributed by atoms with Crippen LogP contribution >= 0.6 is 0 Å². The summed E-state index contributed by atoms with van der Waals surface area (Å²) in [5.74, 6) is -0.0593. The molecule has 4 aliphatic rings. The molecule has 0 aromatic rings. The smallest absolute Gasteiger partial charge is 0.155 e. The standard InChI is InChI=1S/C20H29FO3/c1-17-8-6-13(22)10-12(17)4-5-15-14-7-9-19(3,24)18(14,2)11-16(23)20(15,17)21/h10,14-16,23-24H,4-9,11H2,1-3H3/t14-,15-,16?,17-,18-,19?,20+/m0/s1. The first-order chi connectivity index (χ1) is 11.1. The van der Waals surface area contributed by atoms with Gasteiger partial charge < -0.3 is 10.2 Å². The zero-order chi connectivity index (χ0) is 17.5. The third-order valence-electron chi connectivity index (χ3n) is 8.60. The van der Waals surface area contributed by atoms with Crippen LogP contribution < -0.4 is 0 Å². The van der Waals surface area contributed by atoms with Gasteiger partial charge in [0.25, 0.3) is 0 Å². The second-order valence-corrected chi connectivity index (χ2v) is 9.44. The molecule has 3 fully saturated rings. The highest BCUT2D eigenvalue weighted by molar-refractivity contribution is 5.91. The van der Waals surface area contributed by atoms with Crippen LogP contribution in [-0.2, 0) is 4.79 Å². The number of carbonyl (C=O) groups is 1. The summed E-state index contributed by atoms with van der Waals surface area (Å²) in [6.45, 7) is 5.79. The number of aliphatic hydroxyl groups is 2. The van der Waals surface area contributed by atoms with E-state index in [1.54, 1.807) is 6.08 Å². The second-order valence-electron chi connectivity index (χ2n) is 9.44. The number of hydrogen-bond acceptors (Lipinski definition) is 3. The number of carbonyl (C=O) groups excluding carboxylic acids is 1. The summed E-state index contributed by atoms with van der Waals surface area (Å²) in [4.78, 5) is 11.8. The van der Waals surface area contributed by atoms with Crippen molar-refractivity contribution in [2.75, 3.05) is 0 Å². The van der Waals surface area contributed by atoms with Crippen LogP contribution in [-0.4, -0.2) is 33.4 Å². The molecule has 0 saturated heterocycles. The van der Waals surface area contributed by atoms with Crippen molar-refractivity contribution >= 4 is 5.78 Å². The van der Waals surface area contributed by atoms with Crippen LogP contribution in [0.2, 0.25) is 0 Å². The fourth-order valence-electron chi connectivity index (χ4n) is 6.79. The fourth-order valence-corrected chi connectivity index (χ4v) is 6.79. The number of halogens is 1. The lowest BCUT2D eigenvalue weighted by molar-refractivity contribution is -0.225. The summed E-state index contributed by atoms with van der Waals surface area (Å²) in [7, 11) is 0. The van der Waals surface area contributed by atoms with Crippen molar-refractivity contribution in [3.8, 4) is 0 Å². The Labute approximate surface area is 143 Å². The van der Waals surface area contributed by atoms with Gasteiger partial charge in [-0.15, -0.1) is 0 Å². The molecule has 0 aliphatic heterocycles. The maximum Gasteiger partial charge on any atom is 0.155 e. The molecule has 0 bridgehead atoms. The molecular formula is C20H29FO3. The number of fused-ring (bicyclic) bond motifs is 5. The van der Waals surface area contributed by atoms with Gasteiger partial charge in [-0.25, -0.2) is 4.39 Å². The molecule has 0 aromatic carbocycles. The molecule has 134 valence electrons. The van der Waals surface area contributed by atoms with E-state index in [4.69, 9.17) is 0 Å². The predicted molar refractivity (Wildman–Crippen MR) is 89.1 cm³/mol. The van der Waals surface area contributed by atoms with Gasteiger partial charge in [0.05, 0.1) is 11.7 Å². The first kappa shape index (κ1) is 16.7. The summed E-state index contributed by atoms with van der Waals surface area (Å²) in [5.41, 5.74) is -2.83. The van der Waals surface area contributed by atoms with Crippen LogP contribution in [0.4, 0.5) is 4.39 Å². The molecule has 24 heavy (non-hydrogen) atoms. The second kappa shape index (κ2) is 4.70. The molecule has 4 rings (SSSR count). The van der Waals surface area contributed by atoms with Crippen molar-refractivity contribution in [2.24, 2.45) is 22.7 Å². The molecule has 2 N–H and O–H groups in total. The Balaban J connectivity index is 1.82. The molecule has 3 nitrogen and oxygen atoms in total. The summed E-state index contributed by atoms with van der Waals surface area (Å²) < 4.78 is 16.6. The largest absolute Gasteiger partial charge is 0.390 e. The molecule has 0 aromatic heterocycles. The highest BCUT2D eigenvalue weighted by Gasteiger charge is 2.72. The molecular weight excluding hydrogens is 307 g/mol. The number of rotatable bonds is 0. The fraction of sp³-hybridized carbons (Fsp3) is 0.850. The van der Waals surface area contributed by atoms with E-state index < -0.39 is 28.2 Å².